The van der Waals surface area contributed by atoms with Crippen molar-refractivity contribution in [3.63, 3.8) is 0 Å². The van der Waals surface area contributed by atoms with Crippen LogP contribution in [0, 0.1) is 0 Å². The van der Waals surface area contributed by atoms with E-state index in [2.05, 4.69) is 6.58 Å². The first-order chi connectivity index (χ1) is 10.1. The summed E-state index contributed by atoms with van der Waals surface area (Å²) >= 11 is 5.89. The standard InChI is InChI=1S/C18H17ClO2/c1-13(14-5-3-2-4-6-14)11-16(12-18(20)21)15-7-9-17(19)10-8-15/h2-10,16H,1,11-12H2,(H,20,21)/t16-/m0/s1. The molecule has 0 aromatic heterocycles. The number of carbonyl (C=O) groups is 1. The van der Waals surface area contributed by atoms with Crippen LogP contribution in [0.4, 0.5) is 0 Å². The zero-order chi connectivity index (χ0) is 15.2. The van der Waals surface area contributed by atoms with Crippen LogP contribution in [0.1, 0.15) is 29.9 Å². The molecule has 2 aromatic rings. The summed E-state index contributed by atoms with van der Waals surface area (Å²) in [5.41, 5.74) is 2.96. The normalized spacial score (nSPS) is 11.9. The first-order valence-corrected chi connectivity index (χ1v) is 7.14. The van der Waals surface area contributed by atoms with Gasteiger partial charge in [0.05, 0.1) is 6.42 Å². The minimum atomic E-state index is -0.809. The number of halogens is 1. The lowest BCUT2D eigenvalue weighted by Gasteiger charge is -2.17. The van der Waals surface area contributed by atoms with Gasteiger partial charge in [-0.1, -0.05) is 60.6 Å². The molecule has 0 unspecified atom stereocenters. The van der Waals surface area contributed by atoms with Gasteiger partial charge >= 0.3 is 5.97 Å². The molecule has 2 rings (SSSR count). The van der Waals surface area contributed by atoms with Crippen molar-refractivity contribution in [1.82, 2.24) is 0 Å². The van der Waals surface area contributed by atoms with Gasteiger partial charge in [-0.15, -0.1) is 0 Å². The van der Waals surface area contributed by atoms with Gasteiger partial charge in [-0.2, -0.15) is 0 Å². The fourth-order valence-corrected chi connectivity index (χ4v) is 2.47. The lowest BCUT2D eigenvalue weighted by Crippen LogP contribution is -2.07. The van der Waals surface area contributed by atoms with Crippen LogP contribution in [0.25, 0.3) is 5.57 Å². The van der Waals surface area contributed by atoms with Crippen LogP contribution < -0.4 is 0 Å². The van der Waals surface area contributed by atoms with E-state index in [1.54, 1.807) is 12.1 Å². The van der Waals surface area contributed by atoms with Crippen LogP contribution in [0.3, 0.4) is 0 Å². The maximum atomic E-state index is 11.1. The van der Waals surface area contributed by atoms with Crippen molar-refractivity contribution in [3.05, 3.63) is 77.3 Å². The summed E-state index contributed by atoms with van der Waals surface area (Å²) in [7, 11) is 0. The first kappa shape index (κ1) is 15.3. The predicted octanol–water partition coefficient (Wildman–Crippen LogP) is 5.00. The van der Waals surface area contributed by atoms with Crippen molar-refractivity contribution < 1.29 is 9.90 Å². The van der Waals surface area contributed by atoms with E-state index >= 15 is 0 Å². The zero-order valence-electron chi connectivity index (χ0n) is 11.6. The van der Waals surface area contributed by atoms with Gasteiger partial charge in [-0.25, -0.2) is 0 Å². The first-order valence-electron chi connectivity index (χ1n) is 6.76. The van der Waals surface area contributed by atoms with E-state index in [-0.39, 0.29) is 12.3 Å². The average Bonchev–Trinajstić information content (AvgIpc) is 2.48. The van der Waals surface area contributed by atoms with Crippen LogP contribution in [-0.4, -0.2) is 11.1 Å². The summed E-state index contributed by atoms with van der Waals surface area (Å²) in [6.45, 7) is 4.10. The molecule has 0 saturated carbocycles. The molecule has 1 N–H and O–H groups in total. The van der Waals surface area contributed by atoms with E-state index in [1.807, 2.05) is 42.5 Å². The third-order valence-electron chi connectivity index (χ3n) is 3.44. The van der Waals surface area contributed by atoms with Gasteiger partial charge < -0.3 is 5.11 Å². The molecule has 21 heavy (non-hydrogen) atoms. The second-order valence-electron chi connectivity index (χ2n) is 5.02. The van der Waals surface area contributed by atoms with Crippen LogP contribution in [-0.2, 0) is 4.79 Å². The largest absolute Gasteiger partial charge is 0.481 e. The summed E-state index contributed by atoms with van der Waals surface area (Å²) in [4.78, 5) is 11.1. The molecule has 0 saturated heterocycles. The van der Waals surface area contributed by atoms with E-state index in [0.717, 1.165) is 16.7 Å². The van der Waals surface area contributed by atoms with Crippen molar-refractivity contribution in [1.29, 1.82) is 0 Å². The number of carboxylic acids is 1. The average molecular weight is 301 g/mol. The molecule has 0 aliphatic rings. The summed E-state index contributed by atoms with van der Waals surface area (Å²) in [5.74, 6) is -0.914. The maximum absolute atomic E-state index is 11.1. The van der Waals surface area contributed by atoms with Crippen molar-refractivity contribution in [3.8, 4) is 0 Å². The Kier molecular flexibility index (Phi) is 5.18. The Morgan fingerprint density at radius 3 is 2.24 bits per heavy atom. The van der Waals surface area contributed by atoms with Gasteiger partial charge in [-0.3, -0.25) is 4.79 Å². The molecule has 0 aliphatic carbocycles. The van der Waals surface area contributed by atoms with Crippen molar-refractivity contribution in [2.45, 2.75) is 18.8 Å². The minimum Gasteiger partial charge on any atom is -0.481 e. The van der Waals surface area contributed by atoms with E-state index < -0.39 is 5.97 Å². The number of allylic oxidation sites excluding steroid dienone is 1. The molecule has 108 valence electrons. The Balaban J connectivity index is 2.18. The molecular formula is C18H17ClO2. The van der Waals surface area contributed by atoms with Crippen molar-refractivity contribution in [2.75, 3.05) is 0 Å². The monoisotopic (exact) mass is 300 g/mol. The molecular weight excluding hydrogens is 284 g/mol. The number of rotatable bonds is 6. The predicted molar refractivity (Wildman–Crippen MR) is 86.5 cm³/mol. The second kappa shape index (κ2) is 7.09. The van der Waals surface area contributed by atoms with Gasteiger partial charge in [0, 0.05) is 5.02 Å². The fraction of sp³-hybridized carbons (Fsp3) is 0.167. The number of carboxylic acid groups (broad SMARTS) is 1. The molecule has 2 aromatic carbocycles. The Hall–Kier alpha value is -2.06. The molecule has 0 bridgehead atoms. The topological polar surface area (TPSA) is 37.3 Å². The molecule has 0 radical (unpaired) electrons. The minimum absolute atomic E-state index is 0.0769. The van der Waals surface area contributed by atoms with E-state index in [4.69, 9.17) is 16.7 Å². The molecule has 3 heteroatoms. The van der Waals surface area contributed by atoms with Crippen LogP contribution in [0.2, 0.25) is 5.02 Å². The summed E-state index contributed by atoms with van der Waals surface area (Å²) < 4.78 is 0. The third kappa shape index (κ3) is 4.47. The number of benzene rings is 2. The van der Waals surface area contributed by atoms with Crippen molar-refractivity contribution in [2.24, 2.45) is 0 Å². The summed E-state index contributed by atoms with van der Waals surface area (Å²) in [6.07, 6.45) is 0.686. The fourth-order valence-electron chi connectivity index (χ4n) is 2.34. The Bertz CT molecular complexity index is 617. The molecule has 2 nitrogen and oxygen atoms in total. The molecule has 1 atom stereocenters. The van der Waals surface area contributed by atoms with Crippen molar-refractivity contribution >= 4 is 23.1 Å². The smallest absolute Gasteiger partial charge is 0.303 e. The van der Waals surface area contributed by atoms with Crippen LogP contribution >= 0.6 is 11.6 Å². The number of hydrogen-bond donors (Lipinski definition) is 1. The summed E-state index contributed by atoms with van der Waals surface area (Å²) in [5, 5.41) is 9.78. The zero-order valence-corrected chi connectivity index (χ0v) is 12.4. The molecule has 0 amide bonds. The Labute approximate surface area is 129 Å². The SMILES string of the molecule is C=C(C[C@@H](CC(=O)O)c1ccc(Cl)cc1)c1ccccc1. The van der Waals surface area contributed by atoms with E-state index in [1.165, 1.54) is 0 Å². The lowest BCUT2D eigenvalue weighted by atomic mass is 9.87. The molecule has 0 aliphatic heterocycles. The van der Waals surface area contributed by atoms with Crippen LogP contribution in [0.15, 0.2) is 61.2 Å². The number of hydrogen-bond acceptors (Lipinski definition) is 1. The molecule has 0 fully saturated rings. The van der Waals surface area contributed by atoms with Gasteiger partial charge in [0.2, 0.25) is 0 Å². The Morgan fingerprint density at radius 2 is 1.67 bits per heavy atom. The Morgan fingerprint density at radius 1 is 1.05 bits per heavy atom. The molecule has 0 heterocycles. The van der Waals surface area contributed by atoms with Gasteiger partial charge in [-0.05, 0) is 41.2 Å². The van der Waals surface area contributed by atoms with Crippen LogP contribution in [0.5, 0.6) is 0 Å². The van der Waals surface area contributed by atoms with Gasteiger partial charge in [0.1, 0.15) is 0 Å². The third-order valence-corrected chi connectivity index (χ3v) is 3.69. The lowest BCUT2D eigenvalue weighted by molar-refractivity contribution is -0.137. The maximum Gasteiger partial charge on any atom is 0.303 e. The quantitative estimate of drug-likeness (QED) is 0.815. The highest BCUT2D eigenvalue weighted by Gasteiger charge is 2.17. The van der Waals surface area contributed by atoms with Gasteiger partial charge in [0.15, 0.2) is 0 Å². The second-order valence-corrected chi connectivity index (χ2v) is 5.46. The molecule has 0 spiro atoms. The van der Waals surface area contributed by atoms with E-state index in [9.17, 15) is 4.79 Å². The highest BCUT2D eigenvalue weighted by molar-refractivity contribution is 6.30. The highest BCUT2D eigenvalue weighted by Crippen LogP contribution is 2.31. The number of aliphatic carboxylic acids is 1. The van der Waals surface area contributed by atoms with E-state index in [0.29, 0.717) is 11.4 Å². The highest BCUT2D eigenvalue weighted by atomic mass is 35.5. The van der Waals surface area contributed by atoms with Gasteiger partial charge in [0.25, 0.3) is 0 Å². The summed E-state index contributed by atoms with van der Waals surface area (Å²) in [6, 6.07) is 17.2.